The Balaban J connectivity index is 1.30. The fraction of sp³-hybridized carbons (Fsp3) is 0.130. The molecule has 1 heterocycles. The van der Waals surface area contributed by atoms with Crippen LogP contribution < -0.4 is 4.90 Å². The third-order valence-electron chi connectivity index (χ3n) is 11.2. The zero-order valence-electron chi connectivity index (χ0n) is 27.6. The van der Waals surface area contributed by atoms with Crippen LogP contribution in [0.3, 0.4) is 0 Å². The third kappa shape index (κ3) is 3.52. The fourth-order valence-electron chi connectivity index (χ4n) is 8.85. The van der Waals surface area contributed by atoms with Crippen LogP contribution in [0.5, 0.6) is 0 Å². The Hall–Kier alpha value is -5.60. The van der Waals surface area contributed by atoms with E-state index in [1.807, 2.05) is 0 Å². The maximum atomic E-state index is 7.18. The van der Waals surface area contributed by atoms with Crippen LogP contribution in [0.4, 0.5) is 17.1 Å². The van der Waals surface area contributed by atoms with Crippen molar-refractivity contribution in [2.24, 2.45) is 0 Å². The van der Waals surface area contributed by atoms with Gasteiger partial charge in [-0.1, -0.05) is 143 Å². The number of nitrogens with zero attached hydrogens (tertiary/aromatic N) is 1. The summed E-state index contributed by atoms with van der Waals surface area (Å²) in [6.45, 7) is 9.35. The lowest BCUT2D eigenvalue weighted by atomic mass is 9.82. The zero-order valence-corrected chi connectivity index (χ0v) is 27.6. The fourth-order valence-corrected chi connectivity index (χ4v) is 8.85. The van der Waals surface area contributed by atoms with Crippen molar-refractivity contribution in [3.05, 3.63) is 162 Å². The van der Waals surface area contributed by atoms with Crippen molar-refractivity contribution in [3.63, 3.8) is 0 Å². The van der Waals surface area contributed by atoms with Crippen LogP contribution in [0.15, 0.2) is 144 Å². The molecule has 0 bridgehead atoms. The largest absolute Gasteiger partial charge is 0.453 e. The van der Waals surface area contributed by atoms with Gasteiger partial charge in [0.05, 0.1) is 11.4 Å². The van der Waals surface area contributed by atoms with Gasteiger partial charge in [-0.25, -0.2) is 0 Å². The smallest absolute Gasteiger partial charge is 0.159 e. The number of benzene rings is 7. The molecule has 10 rings (SSSR count). The summed E-state index contributed by atoms with van der Waals surface area (Å²) in [5, 5.41) is 4.72. The van der Waals surface area contributed by atoms with Crippen molar-refractivity contribution in [2.75, 3.05) is 4.90 Å². The standard InChI is InChI=1S/C46H35NO/c1-45(2)35-18-9-7-15-33(35)41-37(45)20-12-21-39(41)47(30-24-23-28-13-5-6-14-29(28)27-30)40-22-11-17-31-32-25-26-38-42(44(32)48-43(31)40)34-16-8-10-19-36(34)46(38,3)4/h5-27H,1-4H3. The highest BCUT2D eigenvalue weighted by Crippen LogP contribution is 2.56. The van der Waals surface area contributed by atoms with Gasteiger partial charge in [0.2, 0.25) is 0 Å². The number of fused-ring (bicyclic) bond motifs is 11. The van der Waals surface area contributed by atoms with Gasteiger partial charge in [-0.3, -0.25) is 0 Å². The van der Waals surface area contributed by atoms with E-state index in [0.717, 1.165) is 39.0 Å². The van der Waals surface area contributed by atoms with Gasteiger partial charge in [-0.15, -0.1) is 0 Å². The van der Waals surface area contributed by atoms with Crippen molar-refractivity contribution in [1.82, 2.24) is 0 Å². The Kier molecular flexibility index (Phi) is 5.44. The van der Waals surface area contributed by atoms with E-state index in [1.54, 1.807) is 0 Å². The Morgan fingerprint density at radius 1 is 0.438 bits per heavy atom. The van der Waals surface area contributed by atoms with Crippen molar-refractivity contribution in [2.45, 2.75) is 38.5 Å². The van der Waals surface area contributed by atoms with Crippen LogP contribution in [0.25, 0.3) is 55.0 Å². The Morgan fingerprint density at radius 2 is 1.02 bits per heavy atom. The van der Waals surface area contributed by atoms with E-state index in [2.05, 4.69) is 172 Å². The zero-order chi connectivity index (χ0) is 32.4. The van der Waals surface area contributed by atoms with Gasteiger partial charge in [-0.05, 0) is 68.4 Å². The molecule has 2 heteroatoms. The van der Waals surface area contributed by atoms with Crippen molar-refractivity contribution in [3.8, 4) is 22.3 Å². The average Bonchev–Trinajstić information content (AvgIpc) is 3.69. The molecule has 2 aliphatic carbocycles. The van der Waals surface area contributed by atoms with Crippen LogP contribution in [0.1, 0.15) is 49.9 Å². The molecule has 0 radical (unpaired) electrons. The molecule has 48 heavy (non-hydrogen) atoms. The molecule has 0 saturated heterocycles. The average molecular weight is 618 g/mol. The molecule has 0 N–H and O–H groups in total. The van der Waals surface area contributed by atoms with Crippen molar-refractivity contribution < 1.29 is 4.42 Å². The topological polar surface area (TPSA) is 16.4 Å². The Bertz CT molecular complexity index is 2630. The Labute approximate surface area is 280 Å². The first-order valence-corrected chi connectivity index (χ1v) is 16.9. The SMILES string of the molecule is CC1(C)c2ccccc2-c2c(N(c3ccc4ccccc4c3)c3cccc4c3oc3c5c(ccc34)C(C)(C)c3ccccc3-5)cccc21. The molecule has 8 aromatic rings. The van der Waals surface area contributed by atoms with E-state index in [9.17, 15) is 0 Å². The number of hydrogen-bond acceptors (Lipinski definition) is 2. The predicted octanol–water partition coefficient (Wildman–Crippen LogP) is 12.8. The van der Waals surface area contributed by atoms with Gasteiger partial charge in [0.25, 0.3) is 0 Å². The summed E-state index contributed by atoms with van der Waals surface area (Å²) in [6, 6.07) is 51.2. The number of furan rings is 1. The van der Waals surface area contributed by atoms with Crippen molar-refractivity contribution in [1.29, 1.82) is 0 Å². The molecule has 0 spiro atoms. The number of rotatable bonds is 3. The number of hydrogen-bond donors (Lipinski definition) is 0. The molecule has 0 aliphatic heterocycles. The molecule has 1 aromatic heterocycles. The number of para-hydroxylation sites is 1. The molecule has 7 aromatic carbocycles. The first-order chi connectivity index (χ1) is 23.3. The molecule has 0 saturated carbocycles. The summed E-state index contributed by atoms with van der Waals surface area (Å²) >= 11 is 0. The lowest BCUT2D eigenvalue weighted by molar-refractivity contribution is 0.653. The van der Waals surface area contributed by atoms with Gasteiger partial charge in [0, 0.05) is 38.4 Å². The molecule has 0 unspecified atom stereocenters. The predicted molar refractivity (Wildman–Crippen MR) is 201 cm³/mol. The normalized spacial score (nSPS) is 15.0. The highest BCUT2D eigenvalue weighted by Gasteiger charge is 2.39. The van der Waals surface area contributed by atoms with E-state index in [-0.39, 0.29) is 10.8 Å². The van der Waals surface area contributed by atoms with Crippen LogP contribution in [0.2, 0.25) is 0 Å². The summed E-state index contributed by atoms with van der Waals surface area (Å²) < 4.78 is 7.18. The molecule has 230 valence electrons. The first-order valence-electron chi connectivity index (χ1n) is 16.9. The Morgan fingerprint density at radius 3 is 1.79 bits per heavy atom. The summed E-state index contributed by atoms with van der Waals surface area (Å²) in [7, 11) is 0. The second-order valence-corrected chi connectivity index (χ2v) is 14.5. The third-order valence-corrected chi connectivity index (χ3v) is 11.2. The van der Waals surface area contributed by atoms with Crippen LogP contribution in [0, 0.1) is 0 Å². The van der Waals surface area contributed by atoms with E-state index in [4.69, 9.17) is 4.42 Å². The minimum Gasteiger partial charge on any atom is -0.453 e. The second kappa shape index (κ2) is 9.49. The van der Waals surface area contributed by atoms with Crippen LogP contribution >= 0.6 is 0 Å². The lowest BCUT2D eigenvalue weighted by Crippen LogP contribution is -2.16. The van der Waals surface area contributed by atoms with Gasteiger partial charge in [0.1, 0.15) is 5.58 Å². The summed E-state index contributed by atoms with van der Waals surface area (Å²) in [6.07, 6.45) is 0. The highest BCUT2D eigenvalue weighted by molar-refractivity contribution is 6.15. The van der Waals surface area contributed by atoms with Crippen LogP contribution in [-0.2, 0) is 10.8 Å². The first kappa shape index (κ1) is 27.5. The summed E-state index contributed by atoms with van der Waals surface area (Å²) in [5.41, 5.74) is 15.4. The molecule has 2 nitrogen and oxygen atoms in total. The van der Waals surface area contributed by atoms with Crippen LogP contribution in [-0.4, -0.2) is 0 Å². The quantitative estimate of drug-likeness (QED) is 0.196. The minimum atomic E-state index is -0.108. The van der Waals surface area contributed by atoms with Gasteiger partial charge >= 0.3 is 0 Å². The van der Waals surface area contributed by atoms with E-state index >= 15 is 0 Å². The number of anilines is 3. The van der Waals surface area contributed by atoms with E-state index < -0.39 is 0 Å². The summed E-state index contributed by atoms with van der Waals surface area (Å²) in [5.74, 6) is 0. The molecule has 0 amide bonds. The minimum absolute atomic E-state index is 0.0934. The van der Waals surface area contributed by atoms with Crippen molar-refractivity contribution >= 4 is 49.8 Å². The molecule has 0 atom stereocenters. The molecule has 2 aliphatic rings. The van der Waals surface area contributed by atoms with Gasteiger partial charge in [-0.2, -0.15) is 0 Å². The lowest BCUT2D eigenvalue weighted by Gasteiger charge is -2.29. The van der Waals surface area contributed by atoms with E-state index in [0.29, 0.717) is 0 Å². The monoisotopic (exact) mass is 617 g/mol. The maximum absolute atomic E-state index is 7.18. The van der Waals surface area contributed by atoms with E-state index in [1.165, 1.54) is 55.3 Å². The molecule has 0 fully saturated rings. The molecular formula is C46H35NO. The van der Waals surface area contributed by atoms with Gasteiger partial charge in [0.15, 0.2) is 5.58 Å². The highest BCUT2D eigenvalue weighted by atomic mass is 16.3. The van der Waals surface area contributed by atoms with Gasteiger partial charge < -0.3 is 9.32 Å². The molecular weight excluding hydrogens is 583 g/mol. The summed E-state index contributed by atoms with van der Waals surface area (Å²) in [4.78, 5) is 2.44. The second-order valence-electron chi connectivity index (χ2n) is 14.5. The maximum Gasteiger partial charge on any atom is 0.159 e.